The molecule has 1 aromatic heterocycles. The minimum atomic E-state index is -0.255. The van der Waals surface area contributed by atoms with Crippen molar-refractivity contribution < 1.29 is 9.13 Å². The Labute approximate surface area is 123 Å². The molecule has 0 aliphatic rings. The number of alkyl halides is 1. The molecule has 0 amide bonds. The predicted molar refractivity (Wildman–Crippen MR) is 79.5 cm³/mol. The van der Waals surface area contributed by atoms with Crippen LogP contribution in [0, 0.1) is 11.2 Å². The van der Waals surface area contributed by atoms with E-state index >= 15 is 0 Å². The number of hydrogen-bond donors (Lipinski definition) is 0. The summed E-state index contributed by atoms with van der Waals surface area (Å²) in [7, 11) is 1.70. The van der Waals surface area contributed by atoms with E-state index in [2.05, 4.69) is 18.8 Å². The SMILES string of the molecule is COCCC(C)(C)Cn1c(CCl)nc2ccc(F)cc21. The van der Waals surface area contributed by atoms with Crippen LogP contribution in [-0.4, -0.2) is 23.3 Å². The van der Waals surface area contributed by atoms with Crippen LogP contribution in [0.2, 0.25) is 0 Å². The number of methoxy groups -OCH3 is 1. The second kappa shape index (κ2) is 6.10. The summed E-state index contributed by atoms with van der Waals surface area (Å²) in [5.74, 6) is 0.837. The first-order valence-corrected chi connectivity index (χ1v) is 7.20. The van der Waals surface area contributed by atoms with Gasteiger partial charge in [-0.2, -0.15) is 0 Å². The molecule has 20 heavy (non-hydrogen) atoms. The summed E-state index contributed by atoms with van der Waals surface area (Å²) < 4.78 is 20.6. The number of halogens is 2. The van der Waals surface area contributed by atoms with Gasteiger partial charge < -0.3 is 9.30 Å². The van der Waals surface area contributed by atoms with Gasteiger partial charge in [-0.25, -0.2) is 9.37 Å². The van der Waals surface area contributed by atoms with Crippen molar-refractivity contribution in [3.05, 3.63) is 29.8 Å². The molecule has 0 unspecified atom stereocenters. The number of hydrogen-bond acceptors (Lipinski definition) is 2. The Balaban J connectivity index is 2.38. The number of imidazole rings is 1. The molecule has 5 heteroatoms. The van der Waals surface area contributed by atoms with Crippen molar-refractivity contribution in [1.29, 1.82) is 0 Å². The molecule has 1 aromatic carbocycles. The highest BCUT2D eigenvalue weighted by Crippen LogP contribution is 2.27. The smallest absolute Gasteiger partial charge is 0.125 e. The van der Waals surface area contributed by atoms with Crippen LogP contribution in [-0.2, 0) is 17.2 Å². The zero-order chi connectivity index (χ0) is 14.8. The van der Waals surface area contributed by atoms with Crippen LogP contribution < -0.4 is 0 Å². The minimum Gasteiger partial charge on any atom is -0.385 e. The molecule has 0 radical (unpaired) electrons. The summed E-state index contributed by atoms with van der Waals surface area (Å²) in [5.41, 5.74) is 1.60. The van der Waals surface area contributed by atoms with Gasteiger partial charge in [0.25, 0.3) is 0 Å². The summed E-state index contributed by atoms with van der Waals surface area (Å²) >= 11 is 5.97. The first-order valence-electron chi connectivity index (χ1n) is 6.66. The fourth-order valence-electron chi connectivity index (χ4n) is 2.31. The van der Waals surface area contributed by atoms with Gasteiger partial charge in [-0.1, -0.05) is 13.8 Å². The number of nitrogens with zero attached hydrogens (tertiary/aromatic N) is 2. The van der Waals surface area contributed by atoms with E-state index in [0.717, 1.165) is 29.8 Å². The topological polar surface area (TPSA) is 27.1 Å². The predicted octanol–water partition coefficient (Wildman–Crippen LogP) is 3.98. The van der Waals surface area contributed by atoms with E-state index in [1.165, 1.54) is 12.1 Å². The highest BCUT2D eigenvalue weighted by atomic mass is 35.5. The zero-order valence-corrected chi connectivity index (χ0v) is 12.9. The number of ether oxygens (including phenoxy) is 1. The molecule has 1 heterocycles. The van der Waals surface area contributed by atoms with Crippen molar-refractivity contribution in [3.8, 4) is 0 Å². The van der Waals surface area contributed by atoms with E-state index < -0.39 is 0 Å². The van der Waals surface area contributed by atoms with Crippen LogP contribution in [0.15, 0.2) is 18.2 Å². The number of benzene rings is 1. The molecular formula is C15H20ClFN2O. The van der Waals surface area contributed by atoms with Crippen molar-refractivity contribution in [2.75, 3.05) is 13.7 Å². The largest absolute Gasteiger partial charge is 0.385 e. The molecule has 2 rings (SSSR count). The van der Waals surface area contributed by atoms with Gasteiger partial charge in [0, 0.05) is 20.3 Å². The summed E-state index contributed by atoms with van der Waals surface area (Å²) in [5, 5.41) is 0. The van der Waals surface area contributed by atoms with Crippen LogP contribution >= 0.6 is 11.6 Å². The van der Waals surface area contributed by atoms with Gasteiger partial charge >= 0.3 is 0 Å². The Morgan fingerprint density at radius 1 is 1.40 bits per heavy atom. The van der Waals surface area contributed by atoms with Crippen molar-refractivity contribution in [3.63, 3.8) is 0 Å². The van der Waals surface area contributed by atoms with Crippen LogP contribution in [0.3, 0.4) is 0 Å². The lowest BCUT2D eigenvalue weighted by molar-refractivity contribution is 0.143. The van der Waals surface area contributed by atoms with Crippen LogP contribution in [0.1, 0.15) is 26.1 Å². The first-order chi connectivity index (χ1) is 9.46. The molecule has 0 spiro atoms. The molecule has 0 aliphatic heterocycles. The molecule has 0 saturated heterocycles. The Bertz CT molecular complexity index is 595. The summed E-state index contributed by atoms with van der Waals surface area (Å²) in [4.78, 5) is 4.47. The Hall–Kier alpha value is -1.13. The maximum atomic E-state index is 13.5. The van der Waals surface area contributed by atoms with Gasteiger partial charge in [0.15, 0.2) is 0 Å². The number of aromatic nitrogens is 2. The average molecular weight is 299 g/mol. The second-order valence-electron chi connectivity index (χ2n) is 5.79. The standard InChI is InChI=1S/C15H20ClFN2O/c1-15(2,6-7-20-3)10-19-13-8-11(17)4-5-12(13)18-14(19)9-16/h4-5,8H,6-7,9-10H2,1-3H3. The zero-order valence-electron chi connectivity index (χ0n) is 12.1. The van der Waals surface area contributed by atoms with Gasteiger partial charge in [-0.15, -0.1) is 11.6 Å². The van der Waals surface area contributed by atoms with Crippen LogP contribution in [0.4, 0.5) is 4.39 Å². The molecule has 110 valence electrons. The monoisotopic (exact) mass is 298 g/mol. The second-order valence-corrected chi connectivity index (χ2v) is 6.06. The molecule has 0 bridgehead atoms. The highest BCUT2D eigenvalue weighted by Gasteiger charge is 2.22. The molecule has 0 atom stereocenters. The fourth-order valence-corrected chi connectivity index (χ4v) is 2.51. The van der Waals surface area contributed by atoms with E-state index in [4.69, 9.17) is 16.3 Å². The van der Waals surface area contributed by atoms with Gasteiger partial charge in [-0.3, -0.25) is 0 Å². The number of fused-ring (bicyclic) bond motifs is 1. The molecule has 0 N–H and O–H groups in total. The lowest BCUT2D eigenvalue weighted by Crippen LogP contribution is -2.22. The lowest BCUT2D eigenvalue weighted by atomic mass is 9.89. The summed E-state index contributed by atoms with van der Waals surface area (Å²) in [6.45, 7) is 5.76. The molecule has 3 nitrogen and oxygen atoms in total. The third-order valence-corrected chi connectivity index (χ3v) is 3.72. The fraction of sp³-hybridized carbons (Fsp3) is 0.533. The Morgan fingerprint density at radius 2 is 2.15 bits per heavy atom. The van der Waals surface area contributed by atoms with Crippen LogP contribution in [0.5, 0.6) is 0 Å². The number of rotatable bonds is 6. The summed E-state index contributed by atoms with van der Waals surface area (Å²) in [6.07, 6.45) is 0.917. The first kappa shape index (κ1) is 15.3. The minimum absolute atomic E-state index is 0.0246. The molecule has 2 aromatic rings. The van der Waals surface area contributed by atoms with E-state index in [0.29, 0.717) is 12.5 Å². The van der Waals surface area contributed by atoms with Gasteiger partial charge in [0.2, 0.25) is 0 Å². The van der Waals surface area contributed by atoms with Crippen molar-refractivity contribution in [2.24, 2.45) is 5.41 Å². The third-order valence-electron chi connectivity index (χ3n) is 3.48. The molecule has 0 fully saturated rings. The summed E-state index contributed by atoms with van der Waals surface area (Å²) in [6, 6.07) is 4.64. The molecule has 0 saturated carbocycles. The van der Waals surface area contributed by atoms with E-state index in [1.807, 2.05) is 4.57 Å². The van der Waals surface area contributed by atoms with Gasteiger partial charge in [0.05, 0.1) is 16.9 Å². The average Bonchev–Trinajstić information content (AvgIpc) is 2.73. The van der Waals surface area contributed by atoms with Crippen molar-refractivity contribution >= 4 is 22.6 Å². The van der Waals surface area contributed by atoms with Crippen molar-refractivity contribution in [1.82, 2.24) is 9.55 Å². The van der Waals surface area contributed by atoms with Crippen LogP contribution in [0.25, 0.3) is 11.0 Å². The highest BCUT2D eigenvalue weighted by molar-refractivity contribution is 6.16. The third kappa shape index (κ3) is 3.30. The Kier molecular flexibility index (Phi) is 4.66. The molecular weight excluding hydrogens is 279 g/mol. The Morgan fingerprint density at radius 3 is 2.80 bits per heavy atom. The van der Waals surface area contributed by atoms with Gasteiger partial charge in [-0.05, 0) is 30.0 Å². The maximum Gasteiger partial charge on any atom is 0.125 e. The lowest BCUT2D eigenvalue weighted by Gasteiger charge is -2.26. The van der Waals surface area contributed by atoms with Gasteiger partial charge in [0.1, 0.15) is 11.6 Å². The normalized spacial score (nSPS) is 12.2. The van der Waals surface area contributed by atoms with E-state index in [-0.39, 0.29) is 11.2 Å². The van der Waals surface area contributed by atoms with E-state index in [9.17, 15) is 4.39 Å². The van der Waals surface area contributed by atoms with Crippen molar-refractivity contribution in [2.45, 2.75) is 32.7 Å². The maximum absolute atomic E-state index is 13.5. The molecule has 0 aliphatic carbocycles. The quantitative estimate of drug-likeness (QED) is 0.754. The van der Waals surface area contributed by atoms with E-state index in [1.54, 1.807) is 13.2 Å².